The first-order valence-corrected chi connectivity index (χ1v) is 9.38. The SMILES string of the molecule is CCc1ccc([C@@H]2[C@@H](C=O)[C@@H]2S(=O)(=O)c2ccc(C)cc2)cc1. The first-order valence-electron chi connectivity index (χ1n) is 7.83. The van der Waals surface area contributed by atoms with E-state index in [1.807, 2.05) is 31.2 Å². The number of sulfone groups is 1. The van der Waals surface area contributed by atoms with E-state index in [4.69, 9.17) is 0 Å². The van der Waals surface area contributed by atoms with E-state index < -0.39 is 21.0 Å². The summed E-state index contributed by atoms with van der Waals surface area (Å²) in [4.78, 5) is 11.7. The molecule has 0 bridgehead atoms. The van der Waals surface area contributed by atoms with Gasteiger partial charge in [-0.1, -0.05) is 48.9 Å². The predicted octanol–water partition coefficient (Wildman–Crippen LogP) is 3.31. The fraction of sp³-hybridized carbons (Fsp3) is 0.316. The second-order valence-electron chi connectivity index (χ2n) is 6.16. The maximum absolute atomic E-state index is 12.8. The maximum Gasteiger partial charge on any atom is 0.182 e. The number of carbonyl (C=O) groups excluding carboxylic acids is 1. The molecule has 0 aromatic heterocycles. The van der Waals surface area contributed by atoms with E-state index in [1.165, 1.54) is 5.56 Å². The molecule has 0 N–H and O–H groups in total. The summed E-state index contributed by atoms with van der Waals surface area (Å²) in [6.07, 6.45) is 1.72. The number of rotatable bonds is 5. The third-order valence-corrected chi connectivity index (χ3v) is 6.90. The summed E-state index contributed by atoms with van der Waals surface area (Å²) >= 11 is 0. The molecule has 0 amide bonds. The Kier molecular flexibility index (Phi) is 4.11. The average molecular weight is 328 g/mol. The van der Waals surface area contributed by atoms with E-state index in [0.29, 0.717) is 4.90 Å². The zero-order valence-electron chi connectivity index (χ0n) is 13.3. The van der Waals surface area contributed by atoms with Crippen molar-refractivity contribution in [2.45, 2.75) is 36.3 Å². The summed E-state index contributed by atoms with van der Waals surface area (Å²) in [6.45, 7) is 3.99. The molecule has 0 radical (unpaired) electrons. The number of hydrogen-bond acceptors (Lipinski definition) is 3. The van der Waals surface area contributed by atoms with Gasteiger partial charge >= 0.3 is 0 Å². The van der Waals surface area contributed by atoms with E-state index >= 15 is 0 Å². The third kappa shape index (κ3) is 2.83. The Bertz CT molecular complexity index is 805. The third-order valence-electron chi connectivity index (χ3n) is 4.64. The fourth-order valence-electron chi connectivity index (χ4n) is 3.14. The van der Waals surface area contributed by atoms with E-state index in [2.05, 4.69) is 6.92 Å². The number of hydrogen-bond donors (Lipinski definition) is 0. The summed E-state index contributed by atoms with van der Waals surface area (Å²) < 4.78 is 25.6. The van der Waals surface area contributed by atoms with Crippen molar-refractivity contribution in [1.82, 2.24) is 0 Å². The molecule has 0 spiro atoms. The van der Waals surface area contributed by atoms with Crippen LogP contribution in [0.5, 0.6) is 0 Å². The highest BCUT2D eigenvalue weighted by atomic mass is 32.2. The van der Waals surface area contributed by atoms with Crippen LogP contribution in [0.3, 0.4) is 0 Å². The van der Waals surface area contributed by atoms with Gasteiger partial charge in [0.1, 0.15) is 6.29 Å². The van der Waals surface area contributed by atoms with Gasteiger partial charge in [-0.15, -0.1) is 0 Å². The number of aldehydes is 1. The van der Waals surface area contributed by atoms with Crippen LogP contribution in [-0.2, 0) is 21.1 Å². The van der Waals surface area contributed by atoms with Gasteiger partial charge in [0.15, 0.2) is 9.84 Å². The molecule has 1 fully saturated rings. The second kappa shape index (κ2) is 5.93. The van der Waals surface area contributed by atoms with E-state index in [-0.39, 0.29) is 5.92 Å². The highest BCUT2D eigenvalue weighted by Gasteiger charge is 2.58. The van der Waals surface area contributed by atoms with Gasteiger partial charge in [0.05, 0.1) is 10.1 Å². The minimum Gasteiger partial charge on any atom is -0.303 e. The molecule has 3 atom stereocenters. The molecule has 1 aliphatic rings. The average Bonchev–Trinajstić information content (AvgIpc) is 3.31. The molecule has 0 unspecified atom stereocenters. The first kappa shape index (κ1) is 15.9. The van der Waals surface area contributed by atoms with Crippen LogP contribution in [0, 0.1) is 12.8 Å². The highest BCUT2D eigenvalue weighted by molar-refractivity contribution is 7.92. The molecule has 0 aliphatic heterocycles. The van der Waals surface area contributed by atoms with Crippen LogP contribution in [0.25, 0.3) is 0 Å². The Morgan fingerprint density at radius 2 is 1.61 bits per heavy atom. The number of aryl methyl sites for hydroxylation is 2. The predicted molar refractivity (Wildman–Crippen MR) is 90.3 cm³/mol. The van der Waals surface area contributed by atoms with Gasteiger partial charge < -0.3 is 4.79 Å². The summed E-state index contributed by atoms with van der Waals surface area (Å²) in [6, 6.07) is 14.7. The largest absolute Gasteiger partial charge is 0.303 e. The van der Waals surface area contributed by atoms with Crippen molar-refractivity contribution in [3.8, 4) is 0 Å². The van der Waals surface area contributed by atoms with Crippen LogP contribution < -0.4 is 0 Å². The summed E-state index contributed by atoms with van der Waals surface area (Å²) in [5.74, 6) is -0.682. The topological polar surface area (TPSA) is 51.2 Å². The van der Waals surface area contributed by atoms with Crippen molar-refractivity contribution in [3.05, 3.63) is 65.2 Å². The van der Waals surface area contributed by atoms with E-state index in [0.717, 1.165) is 23.8 Å². The van der Waals surface area contributed by atoms with Crippen LogP contribution in [0.1, 0.15) is 29.5 Å². The Hall–Kier alpha value is -1.94. The minimum absolute atomic E-state index is 0.232. The van der Waals surface area contributed by atoms with Gasteiger partial charge in [-0.2, -0.15) is 0 Å². The van der Waals surface area contributed by atoms with Crippen molar-refractivity contribution in [3.63, 3.8) is 0 Å². The van der Waals surface area contributed by atoms with Crippen LogP contribution in [-0.4, -0.2) is 20.0 Å². The second-order valence-corrected chi connectivity index (χ2v) is 8.26. The van der Waals surface area contributed by atoms with Crippen LogP contribution in [0.15, 0.2) is 53.4 Å². The lowest BCUT2D eigenvalue weighted by molar-refractivity contribution is -0.108. The molecular weight excluding hydrogens is 308 g/mol. The Morgan fingerprint density at radius 3 is 2.13 bits per heavy atom. The minimum atomic E-state index is -3.49. The Morgan fingerprint density at radius 1 is 1.00 bits per heavy atom. The quantitative estimate of drug-likeness (QED) is 0.791. The highest BCUT2D eigenvalue weighted by Crippen LogP contribution is 2.52. The van der Waals surface area contributed by atoms with Gasteiger partial charge in [-0.3, -0.25) is 0 Å². The zero-order chi connectivity index (χ0) is 16.6. The molecule has 0 heterocycles. The van der Waals surface area contributed by atoms with E-state index in [1.54, 1.807) is 24.3 Å². The lowest BCUT2D eigenvalue weighted by Gasteiger charge is -2.05. The Labute approximate surface area is 137 Å². The number of carbonyl (C=O) groups is 1. The van der Waals surface area contributed by atoms with Gasteiger partial charge in [0.2, 0.25) is 0 Å². The molecular formula is C19H20O3S. The van der Waals surface area contributed by atoms with Gasteiger partial charge in [0, 0.05) is 11.8 Å². The maximum atomic E-state index is 12.8. The smallest absolute Gasteiger partial charge is 0.182 e. The molecule has 1 aliphatic carbocycles. The molecule has 3 rings (SSSR count). The van der Waals surface area contributed by atoms with Crippen LogP contribution in [0.4, 0.5) is 0 Å². The van der Waals surface area contributed by atoms with Crippen molar-refractivity contribution in [2.24, 2.45) is 5.92 Å². The molecule has 3 nitrogen and oxygen atoms in total. The van der Waals surface area contributed by atoms with Crippen molar-refractivity contribution in [2.75, 3.05) is 0 Å². The van der Waals surface area contributed by atoms with Crippen molar-refractivity contribution >= 4 is 16.1 Å². The molecule has 4 heteroatoms. The normalized spacial score (nSPS) is 23.5. The van der Waals surface area contributed by atoms with Gasteiger partial charge in [0.25, 0.3) is 0 Å². The first-order chi connectivity index (χ1) is 11.0. The standard InChI is InChI=1S/C19H20O3S/c1-3-14-6-8-15(9-7-14)18-17(12-20)19(18)23(21,22)16-10-4-13(2)5-11-16/h4-12,17-19H,3H2,1-2H3/t17-,18-,19+/m1/s1. The fourth-order valence-corrected chi connectivity index (χ4v) is 5.25. The van der Waals surface area contributed by atoms with Crippen molar-refractivity contribution in [1.29, 1.82) is 0 Å². The zero-order valence-corrected chi connectivity index (χ0v) is 14.1. The molecule has 23 heavy (non-hydrogen) atoms. The molecule has 120 valence electrons. The Balaban J connectivity index is 1.92. The summed E-state index contributed by atoms with van der Waals surface area (Å²) in [5, 5.41) is -0.643. The lowest BCUT2D eigenvalue weighted by atomic mass is 10.1. The molecule has 2 aromatic rings. The molecule has 0 saturated heterocycles. The number of benzene rings is 2. The molecule has 2 aromatic carbocycles. The van der Waals surface area contributed by atoms with Gasteiger partial charge in [-0.25, -0.2) is 8.42 Å². The summed E-state index contributed by atoms with van der Waals surface area (Å²) in [7, 11) is -3.49. The van der Waals surface area contributed by atoms with Crippen LogP contribution in [0.2, 0.25) is 0 Å². The lowest BCUT2D eigenvalue weighted by Crippen LogP contribution is -2.11. The van der Waals surface area contributed by atoms with E-state index in [9.17, 15) is 13.2 Å². The summed E-state index contributed by atoms with van der Waals surface area (Å²) in [5.41, 5.74) is 3.15. The van der Waals surface area contributed by atoms with Gasteiger partial charge in [-0.05, 0) is 36.6 Å². The molecule has 1 saturated carbocycles. The van der Waals surface area contributed by atoms with Crippen LogP contribution >= 0.6 is 0 Å². The monoisotopic (exact) mass is 328 g/mol. The van der Waals surface area contributed by atoms with Crippen molar-refractivity contribution < 1.29 is 13.2 Å².